The van der Waals surface area contributed by atoms with Gasteiger partial charge in [0.05, 0.1) is 26.5 Å². The fraction of sp³-hybridized carbons (Fsp3) is 0.0556. The first kappa shape index (κ1) is 19.8. The molecule has 0 saturated carbocycles. The Kier molecular flexibility index (Phi) is 6.79. The van der Waals surface area contributed by atoms with Gasteiger partial charge in [0.2, 0.25) is 11.1 Å². The number of hydrogen-bond donors (Lipinski definition) is 2. The van der Waals surface area contributed by atoms with Gasteiger partial charge >= 0.3 is 0 Å². The number of aromatic nitrogens is 3. The molecule has 1 aromatic heterocycles. The average Bonchev–Trinajstić information content (AvgIpc) is 3.12. The van der Waals surface area contributed by atoms with Crippen LogP contribution < -0.4 is 5.32 Å². The summed E-state index contributed by atoms with van der Waals surface area (Å²) in [6, 6.07) is 12.8. The van der Waals surface area contributed by atoms with Crippen molar-refractivity contribution in [1.82, 2.24) is 15.2 Å². The minimum atomic E-state index is -0.258. The number of benzene rings is 2. The van der Waals surface area contributed by atoms with Crippen LogP contribution >= 0.6 is 46.6 Å². The summed E-state index contributed by atoms with van der Waals surface area (Å²) in [5.41, 5.74) is 1.46. The van der Waals surface area contributed by atoms with Crippen LogP contribution in [0.2, 0.25) is 15.1 Å². The number of carbonyl (C=O) groups excluding carboxylic acids is 1. The molecule has 0 saturated heterocycles. The molecular weight excluding hydrogens is 427 g/mol. The van der Waals surface area contributed by atoms with Gasteiger partial charge in [-0.1, -0.05) is 83.0 Å². The van der Waals surface area contributed by atoms with Gasteiger partial charge in [-0.05, 0) is 23.8 Å². The Balaban J connectivity index is 1.55. The predicted octanol–water partition coefficient (Wildman–Crippen LogP) is 5.67. The van der Waals surface area contributed by atoms with E-state index in [-0.39, 0.29) is 11.7 Å². The number of nitrogens with zero attached hydrogens (tertiary/aromatic N) is 2. The van der Waals surface area contributed by atoms with Crippen molar-refractivity contribution >= 4 is 70.3 Å². The molecule has 138 valence electrons. The highest BCUT2D eigenvalue weighted by molar-refractivity contribution is 7.99. The number of halogens is 3. The van der Waals surface area contributed by atoms with Gasteiger partial charge in [0.1, 0.15) is 5.82 Å². The molecule has 2 N–H and O–H groups in total. The van der Waals surface area contributed by atoms with E-state index in [2.05, 4.69) is 20.5 Å². The Bertz CT molecular complexity index is 976. The molecule has 0 bridgehead atoms. The molecular formula is C18H13Cl3N4OS. The second-order valence-corrected chi connectivity index (χ2v) is 7.49. The molecule has 0 spiro atoms. The number of amides is 1. The molecule has 0 fully saturated rings. The molecule has 5 nitrogen and oxygen atoms in total. The zero-order valence-corrected chi connectivity index (χ0v) is 16.8. The lowest BCUT2D eigenvalue weighted by atomic mass is 10.2. The number of carbonyl (C=O) groups is 1. The first-order chi connectivity index (χ1) is 13.0. The summed E-state index contributed by atoms with van der Waals surface area (Å²) in [6.45, 7) is 0. The van der Waals surface area contributed by atoms with Gasteiger partial charge in [0, 0.05) is 0 Å². The first-order valence-electron chi connectivity index (χ1n) is 7.74. The van der Waals surface area contributed by atoms with Crippen LogP contribution in [0.4, 0.5) is 5.69 Å². The lowest BCUT2D eigenvalue weighted by molar-refractivity contribution is -0.113. The van der Waals surface area contributed by atoms with E-state index in [0.29, 0.717) is 31.7 Å². The average molecular weight is 440 g/mol. The number of anilines is 1. The molecule has 2 aromatic carbocycles. The van der Waals surface area contributed by atoms with E-state index in [9.17, 15) is 4.79 Å². The molecule has 0 unspecified atom stereocenters. The van der Waals surface area contributed by atoms with Crippen molar-refractivity contribution in [1.29, 1.82) is 0 Å². The molecule has 0 radical (unpaired) electrons. The Morgan fingerprint density at radius 2 is 1.81 bits per heavy atom. The van der Waals surface area contributed by atoms with Gasteiger partial charge in [-0.2, -0.15) is 0 Å². The van der Waals surface area contributed by atoms with Crippen LogP contribution in [-0.2, 0) is 4.79 Å². The summed E-state index contributed by atoms with van der Waals surface area (Å²) in [7, 11) is 0. The predicted molar refractivity (Wildman–Crippen MR) is 113 cm³/mol. The van der Waals surface area contributed by atoms with Crippen LogP contribution in [0.15, 0.2) is 47.6 Å². The second-order valence-electron chi connectivity index (χ2n) is 5.33. The summed E-state index contributed by atoms with van der Waals surface area (Å²) >= 11 is 19.1. The van der Waals surface area contributed by atoms with E-state index < -0.39 is 0 Å². The van der Waals surface area contributed by atoms with Gasteiger partial charge in [-0.3, -0.25) is 9.89 Å². The summed E-state index contributed by atoms with van der Waals surface area (Å²) < 4.78 is 0. The molecule has 9 heteroatoms. The molecule has 0 atom stereocenters. The van der Waals surface area contributed by atoms with E-state index >= 15 is 0 Å². The fourth-order valence-electron chi connectivity index (χ4n) is 2.07. The van der Waals surface area contributed by atoms with Crippen LogP contribution in [-0.4, -0.2) is 26.8 Å². The summed E-state index contributed by atoms with van der Waals surface area (Å²) in [6.07, 6.45) is 3.75. The lowest BCUT2D eigenvalue weighted by Crippen LogP contribution is -2.14. The Morgan fingerprint density at radius 1 is 1.07 bits per heavy atom. The third-order valence-corrected chi connectivity index (χ3v) is 5.21. The van der Waals surface area contributed by atoms with Crippen LogP contribution in [0.25, 0.3) is 12.2 Å². The van der Waals surface area contributed by atoms with E-state index in [4.69, 9.17) is 34.8 Å². The van der Waals surface area contributed by atoms with Gasteiger partial charge in [0.15, 0.2) is 0 Å². The number of rotatable bonds is 6. The quantitative estimate of drug-likeness (QED) is 0.384. The highest BCUT2D eigenvalue weighted by Gasteiger charge is 2.11. The largest absolute Gasteiger partial charge is 0.324 e. The minimum absolute atomic E-state index is 0.121. The maximum absolute atomic E-state index is 12.1. The smallest absolute Gasteiger partial charge is 0.234 e. The number of H-pyrrole nitrogens is 1. The van der Waals surface area contributed by atoms with Crippen molar-refractivity contribution in [3.63, 3.8) is 0 Å². The molecule has 1 amide bonds. The highest BCUT2D eigenvalue weighted by atomic mass is 35.5. The summed E-state index contributed by atoms with van der Waals surface area (Å²) in [5.74, 6) is 0.469. The van der Waals surface area contributed by atoms with Gasteiger partial charge in [-0.25, -0.2) is 4.98 Å². The molecule has 1 heterocycles. The SMILES string of the molecule is O=C(CSc1n[nH]c(/C=C/c2ccccc2)n1)Nc1cc(Cl)c(Cl)cc1Cl. The second kappa shape index (κ2) is 9.28. The van der Waals surface area contributed by atoms with Crippen molar-refractivity contribution in [2.24, 2.45) is 0 Å². The standard InChI is InChI=1S/C18H13Cl3N4OS/c19-12-8-14(21)15(9-13(12)20)22-17(26)10-27-18-23-16(24-25-18)7-6-11-4-2-1-3-5-11/h1-9H,10H2,(H,22,26)(H,23,24,25)/b7-6+. The van der Waals surface area contributed by atoms with Crippen LogP contribution in [0.5, 0.6) is 0 Å². The molecule has 0 aliphatic heterocycles. The zero-order chi connectivity index (χ0) is 19.2. The van der Waals surface area contributed by atoms with E-state index in [1.807, 2.05) is 42.5 Å². The molecule has 3 aromatic rings. The van der Waals surface area contributed by atoms with Crippen molar-refractivity contribution in [3.05, 3.63) is 68.9 Å². The van der Waals surface area contributed by atoms with Crippen LogP contribution in [0.1, 0.15) is 11.4 Å². The van der Waals surface area contributed by atoms with Crippen LogP contribution in [0, 0.1) is 0 Å². The van der Waals surface area contributed by atoms with Crippen molar-refractivity contribution in [2.75, 3.05) is 11.1 Å². The third kappa shape index (κ3) is 5.74. The van der Waals surface area contributed by atoms with Crippen molar-refractivity contribution in [3.8, 4) is 0 Å². The Morgan fingerprint density at radius 3 is 2.59 bits per heavy atom. The van der Waals surface area contributed by atoms with E-state index in [1.165, 1.54) is 23.9 Å². The van der Waals surface area contributed by atoms with E-state index in [1.54, 1.807) is 0 Å². The topological polar surface area (TPSA) is 70.7 Å². The third-order valence-electron chi connectivity index (χ3n) is 3.33. The van der Waals surface area contributed by atoms with Crippen molar-refractivity contribution in [2.45, 2.75) is 5.16 Å². The molecule has 27 heavy (non-hydrogen) atoms. The maximum Gasteiger partial charge on any atom is 0.234 e. The number of thioether (sulfide) groups is 1. The zero-order valence-electron chi connectivity index (χ0n) is 13.7. The van der Waals surface area contributed by atoms with Gasteiger partial charge in [0.25, 0.3) is 0 Å². The minimum Gasteiger partial charge on any atom is -0.324 e. The van der Waals surface area contributed by atoms with Crippen LogP contribution in [0.3, 0.4) is 0 Å². The number of aromatic amines is 1. The van der Waals surface area contributed by atoms with E-state index in [0.717, 1.165) is 5.56 Å². The number of nitrogens with one attached hydrogen (secondary N) is 2. The molecule has 0 aliphatic rings. The Hall–Kier alpha value is -1.99. The maximum atomic E-state index is 12.1. The highest BCUT2D eigenvalue weighted by Crippen LogP contribution is 2.32. The fourth-order valence-corrected chi connectivity index (χ4v) is 3.27. The Labute approximate surface area is 175 Å². The molecule has 3 rings (SSSR count). The molecule has 0 aliphatic carbocycles. The lowest BCUT2D eigenvalue weighted by Gasteiger charge is -2.08. The van der Waals surface area contributed by atoms with Gasteiger partial charge in [-0.15, -0.1) is 5.10 Å². The van der Waals surface area contributed by atoms with Gasteiger partial charge < -0.3 is 5.32 Å². The monoisotopic (exact) mass is 438 g/mol. The summed E-state index contributed by atoms with van der Waals surface area (Å²) in [5, 5.41) is 11.0. The number of hydrogen-bond acceptors (Lipinski definition) is 4. The summed E-state index contributed by atoms with van der Waals surface area (Å²) in [4.78, 5) is 16.4. The van der Waals surface area contributed by atoms with Crippen molar-refractivity contribution < 1.29 is 4.79 Å². The first-order valence-corrected chi connectivity index (χ1v) is 9.86. The normalized spacial score (nSPS) is 11.1.